The van der Waals surface area contributed by atoms with E-state index in [1.165, 1.54) is 36.4 Å². The van der Waals surface area contributed by atoms with Crippen molar-refractivity contribution in [2.75, 3.05) is 5.32 Å². The van der Waals surface area contributed by atoms with Gasteiger partial charge in [0, 0.05) is 34.8 Å². The van der Waals surface area contributed by atoms with Crippen LogP contribution in [0.3, 0.4) is 0 Å². The Balaban J connectivity index is 1.87. The van der Waals surface area contributed by atoms with Crippen LogP contribution in [0.15, 0.2) is 72.8 Å². The summed E-state index contributed by atoms with van der Waals surface area (Å²) in [5.41, 5.74) is 1.65. The summed E-state index contributed by atoms with van der Waals surface area (Å²) < 4.78 is 13.1. The van der Waals surface area contributed by atoms with Crippen LogP contribution in [0.1, 0.15) is 28.4 Å². The Bertz CT molecular complexity index is 991. The van der Waals surface area contributed by atoms with Gasteiger partial charge >= 0.3 is 0 Å². The molecule has 3 aromatic rings. The lowest BCUT2D eigenvalue weighted by molar-refractivity contribution is -0.384. The molecule has 0 bridgehead atoms. The van der Waals surface area contributed by atoms with Gasteiger partial charge in [-0.05, 0) is 48.0 Å². The Morgan fingerprint density at radius 1 is 1.07 bits per heavy atom. The zero-order valence-corrected chi connectivity index (χ0v) is 15.4. The first-order chi connectivity index (χ1) is 13.4. The van der Waals surface area contributed by atoms with Gasteiger partial charge in [0.1, 0.15) is 5.82 Å². The highest BCUT2D eigenvalue weighted by molar-refractivity contribution is 6.30. The molecule has 0 spiro atoms. The topological polar surface area (TPSA) is 72.2 Å². The summed E-state index contributed by atoms with van der Waals surface area (Å²) in [7, 11) is 0. The molecular weight excluding hydrogens is 383 g/mol. The molecule has 0 radical (unpaired) electrons. The minimum absolute atomic E-state index is 0.0512. The number of Topliss-reactive ketones (excluding diaryl/α,β-unsaturated/α-hetero) is 1. The fraction of sp³-hybridized carbons (Fsp3) is 0.0952. The molecule has 3 rings (SSSR count). The van der Waals surface area contributed by atoms with Gasteiger partial charge in [0.25, 0.3) is 5.69 Å². The van der Waals surface area contributed by atoms with Gasteiger partial charge in [0.2, 0.25) is 0 Å². The number of nitrogens with one attached hydrogen (secondary N) is 1. The van der Waals surface area contributed by atoms with E-state index in [1.54, 1.807) is 36.4 Å². The number of ketones is 1. The van der Waals surface area contributed by atoms with E-state index in [0.29, 0.717) is 16.3 Å². The maximum absolute atomic E-state index is 13.1. The van der Waals surface area contributed by atoms with Crippen molar-refractivity contribution < 1.29 is 14.1 Å². The fourth-order valence-electron chi connectivity index (χ4n) is 2.80. The van der Waals surface area contributed by atoms with E-state index in [4.69, 9.17) is 11.6 Å². The van der Waals surface area contributed by atoms with Crippen LogP contribution in [-0.2, 0) is 0 Å². The average molecular weight is 399 g/mol. The summed E-state index contributed by atoms with van der Waals surface area (Å²) in [5.74, 6) is -0.599. The van der Waals surface area contributed by atoms with Gasteiger partial charge in [-0.2, -0.15) is 0 Å². The second-order valence-electron chi connectivity index (χ2n) is 6.19. The highest BCUT2D eigenvalue weighted by Crippen LogP contribution is 2.27. The Hall–Kier alpha value is -3.25. The van der Waals surface area contributed by atoms with Crippen LogP contribution in [0, 0.1) is 15.9 Å². The molecule has 142 valence electrons. The second-order valence-corrected chi connectivity index (χ2v) is 6.63. The number of benzene rings is 3. The molecule has 0 aromatic heterocycles. The Morgan fingerprint density at radius 3 is 2.39 bits per heavy atom. The van der Waals surface area contributed by atoms with Crippen molar-refractivity contribution in [3.63, 3.8) is 0 Å². The molecule has 0 heterocycles. The Kier molecular flexibility index (Phi) is 6.01. The summed E-state index contributed by atoms with van der Waals surface area (Å²) >= 11 is 5.95. The van der Waals surface area contributed by atoms with Crippen LogP contribution in [0.2, 0.25) is 5.02 Å². The number of halogens is 2. The van der Waals surface area contributed by atoms with E-state index in [9.17, 15) is 19.3 Å². The van der Waals surface area contributed by atoms with Crippen molar-refractivity contribution in [3.8, 4) is 0 Å². The van der Waals surface area contributed by atoms with Crippen molar-refractivity contribution in [2.24, 2.45) is 0 Å². The summed E-state index contributed by atoms with van der Waals surface area (Å²) in [6.45, 7) is 0. The van der Waals surface area contributed by atoms with Crippen LogP contribution >= 0.6 is 11.6 Å². The molecule has 0 aliphatic rings. The van der Waals surface area contributed by atoms with Gasteiger partial charge in [0.15, 0.2) is 5.78 Å². The van der Waals surface area contributed by atoms with Crippen LogP contribution < -0.4 is 5.32 Å². The standard InChI is InChI=1S/C21H16ClFN2O3/c22-16-8-4-14(5-9-16)20(13-21(26)15-6-10-17(23)11-7-15)24-18-2-1-3-19(12-18)25(27)28/h1-12,20,24H,13H2. The third kappa shape index (κ3) is 4.92. The molecule has 7 heteroatoms. The second kappa shape index (κ2) is 8.63. The molecule has 5 nitrogen and oxygen atoms in total. The molecule has 0 aliphatic carbocycles. The number of rotatable bonds is 7. The monoisotopic (exact) mass is 398 g/mol. The molecular formula is C21H16ClFN2O3. The van der Waals surface area contributed by atoms with Crippen LogP contribution in [0.4, 0.5) is 15.8 Å². The molecule has 0 saturated carbocycles. The van der Waals surface area contributed by atoms with E-state index < -0.39 is 16.8 Å². The molecule has 0 fully saturated rings. The van der Waals surface area contributed by atoms with E-state index >= 15 is 0 Å². The quantitative estimate of drug-likeness (QED) is 0.309. The van der Waals surface area contributed by atoms with Gasteiger partial charge in [-0.3, -0.25) is 14.9 Å². The number of nitro groups is 1. The first kappa shape index (κ1) is 19.5. The lowest BCUT2D eigenvalue weighted by Gasteiger charge is -2.20. The number of hydrogen-bond acceptors (Lipinski definition) is 4. The highest BCUT2D eigenvalue weighted by atomic mass is 35.5. The number of carbonyl (C=O) groups is 1. The van der Waals surface area contributed by atoms with E-state index in [2.05, 4.69) is 5.32 Å². The van der Waals surface area contributed by atoms with E-state index in [0.717, 1.165) is 5.56 Å². The van der Waals surface area contributed by atoms with E-state index in [1.807, 2.05) is 0 Å². The predicted molar refractivity (Wildman–Crippen MR) is 106 cm³/mol. The van der Waals surface area contributed by atoms with Crippen LogP contribution in [0.25, 0.3) is 0 Å². The van der Waals surface area contributed by atoms with Crippen LogP contribution in [-0.4, -0.2) is 10.7 Å². The van der Waals surface area contributed by atoms with Crippen molar-refractivity contribution in [1.82, 2.24) is 0 Å². The van der Waals surface area contributed by atoms with E-state index in [-0.39, 0.29) is 17.9 Å². The molecule has 0 amide bonds. The predicted octanol–water partition coefficient (Wildman–Crippen LogP) is 5.81. The van der Waals surface area contributed by atoms with Crippen molar-refractivity contribution in [3.05, 3.63) is 105 Å². The minimum Gasteiger partial charge on any atom is -0.378 e. The fourth-order valence-corrected chi connectivity index (χ4v) is 2.92. The lowest BCUT2D eigenvalue weighted by Crippen LogP contribution is -2.16. The zero-order valence-electron chi connectivity index (χ0n) is 14.6. The van der Waals surface area contributed by atoms with Crippen molar-refractivity contribution in [2.45, 2.75) is 12.5 Å². The van der Waals surface area contributed by atoms with Gasteiger partial charge in [-0.1, -0.05) is 29.8 Å². The maximum atomic E-state index is 13.1. The summed E-state index contributed by atoms with van der Waals surface area (Å²) in [4.78, 5) is 23.2. The number of anilines is 1. The maximum Gasteiger partial charge on any atom is 0.271 e. The van der Waals surface area contributed by atoms with Gasteiger partial charge in [-0.15, -0.1) is 0 Å². The molecule has 0 aliphatic heterocycles. The summed E-state index contributed by atoms with van der Waals surface area (Å²) in [6, 6.07) is 18.0. The average Bonchev–Trinajstić information content (AvgIpc) is 2.68. The molecule has 1 N–H and O–H groups in total. The Labute approximate surface area is 165 Å². The largest absolute Gasteiger partial charge is 0.378 e. The zero-order chi connectivity index (χ0) is 20.1. The minimum atomic E-state index is -0.480. The summed E-state index contributed by atoms with van der Waals surface area (Å²) in [6.07, 6.45) is 0.0793. The highest BCUT2D eigenvalue weighted by Gasteiger charge is 2.18. The molecule has 0 saturated heterocycles. The Morgan fingerprint density at radius 2 is 1.75 bits per heavy atom. The summed E-state index contributed by atoms with van der Waals surface area (Å²) in [5, 5.41) is 14.8. The smallest absolute Gasteiger partial charge is 0.271 e. The molecule has 3 aromatic carbocycles. The first-order valence-electron chi connectivity index (χ1n) is 8.47. The molecule has 28 heavy (non-hydrogen) atoms. The first-order valence-corrected chi connectivity index (χ1v) is 8.85. The number of nitro benzene ring substituents is 1. The number of nitrogens with zero attached hydrogens (tertiary/aromatic N) is 1. The molecule has 1 unspecified atom stereocenters. The van der Waals surface area contributed by atoms with Gasteiger partial charge in [-0.25, -0.2) is 4.39 Å². The van der Waals surface area contributed by atoms with Crippen molar-refractivity contribution >= 4 is 28.8 Å². The number of carbonyl (C=O) groups excluding carboxylic acids is 1. The van der Waals surface area contributed by atoms with Gasteiger partial charge in [0.05, 0.1) is 11.0 Å². The third-order valence-corrected chi connectivity index (χ3v) is 4.48. The lowest BCUT2D eigenvalue weighted by atomic mass is 9.97. The molecule has 1 atom stereocenters. The number of non-ortho nitro benzene ring substituents is 1. The van der Waals surface area contributed by atoms with Crippen molar-refractivity contribution in [1.29, 1.82) is 0 Å². The third-order valence-electron chi connectivity index (χ3n) is 4.23. The van der Waals surface area contributed by atoms with Gasteiger partial charge < -0.3 is 5.32 Å². The SMILES string of the molecule is O=C(CC(Nc1cccc([N+](=O)[O-])c1)c1ccc(Cl)cc1)c1ccc(F)cc1. The normalized spacial score (nSPS) is 11.6. The van der Waals surface area contributed by atoms with Crippen LogP contribution in [0.5, 0.6) is 0 Å². The number of hydrogen-bond donors (Lipinski definition) is 1.